The number of rotatable bonds is 8. The third-order valence-corrected chi connectivity index (χ3v) is 6.70. The van der Waals surface area contributed by atoms with Crippen molar-refractivity contribution in [3.63, 3.8) is 0 Å². The molecule has 0 saturated heterocycles. The minimum atomic E-state index is -3.40. The molecule has 21 heavy (non-hydrogen) atoms. The molecule has 1 saturated carbocycles. The van der Waals surface area contributed by atoms with Gasteiger partial charge in [0, 0.05) is 19.7 Å². The topological polar surface area (TPSA) is 67.4 Å². The van der Waals surface area contributed by atoms with E-state index in [2.05, 4.69) is 17.0 Å². The first-order chi connectivity index (χ1) is 10.0. The molecule has 2 unspecified atom stereocenters. The van der Waals surface area contributed by atoms with Gasteiger partial charge in [-0.15, -0.1) is 11.3 Å². The van der Waals surface area contributed by atoms with Crippen molar-refractivity contribution >= 4 is 21.4 Å². The number of nitrogens with one attached hydrogen (secondary N) is 2. The van der Waals surface area contributed by atoms with Gasteiger partial charge in [0.1, 0.15) is 4.21 Å². The molecule has 7 heteroatoms. The van der Waals surface area contributed by atoms with Crippen LogP contribution in [-0.4, -0.2) is 34.2 Å². The summed E-state index contributed by atoms with van der Waals surface area (Å²) >= 11 is 1.28. The molecule has 0 aromatic carbocycles. The van der Waals surface area contributed by atoms with Crippen LogP contribution in [0.15, 0.2) is 15.7 Å². The summed E-state index contributed by atoms with van der Waals surface area (Å²) in [7, 11) is -1.72. The highest BCUT2D eigenvalue weighted by molar-refractivity contribution is 7.91. The maximum Gasteiger partial charge on any atom is 0.250 e. The van der Waals surface area contributed by atoms with Gasteiger partial charge in [0.25, 0.3) is 0 Å². The van der Waals surface area contributed by atoms with E-state index in [-0.39, 0.29) is 12.1 Å². The largest absolute Gasteiger partial charge is 0.381 e. The second-order valence-electron chi connectivity index (χ2n) is 5.44. The average Bonchev–Trinajstić information content (AvgIpc) is 3.08. The molecule has 1 aliphatic rings. The van der Waals surface area contributed by atoms with Crippen molar-refractivity contribution in [1.29, 1.82) is 0 Å². The van der Waals surface area contributed by atoms with E-state index >= 15 is 0 Å². The van der Waals surface area contributed by atoms with Gasteiger partial charge in [-0.2, -0.15) is 0 Å². The summed E-state index contributed by atoms with van der Waals surface area (Å²) in [6.07, 6.45) is 3.76. The molecule has 0 radical (unpaired) electrons. The van der Waals surface area contributed by atoms with Gasteiger partial charge >= 0.3 is 0 Å². The summed E-state index contributed by atoms with van der Waals surface area (Å²) in [4.78, 5) is 0. The Hall–Kier alpha value is -0.470. The Bertz CT molecular complexity index is 542. The van der Waals surface area contributed by atoms with Crippen molar-refractivity contribution in [3.8, 4) is 0 Å². The van der Waals surface area contributed by atoms with Crippen molar-refractivity contribution < 1.29 is 13.2 Å². The van der Waals surface area contributed by atoms with Crippen molar-refractivity contribution in [2.24, 2.45) is 0 Å². The molecular weight excluding hydrogens is 308 g/mol. The van der Waals surface area contributed by atoms with Crippen molar-refractivity contribution in [1.82, 2.24) is 10.0 Å². The lowest BCUT2D eigenvalue weighted by molar-refractivity contribution is 0.107. The SMILES string of the molecule is CCCNCc1csc(S(=O)(=O)NC2CCC(OC)C2)c1. The van der Waals surface area contributed by atoms with Crippen LogP contribution in [-0.2, 0) is 21.3 Å². The van der Waals surface area contributed by atoms with Crippen LogP contribution in [0.25, 0.3) is 0 Å². The molecule has 0 aliphatic heterocycles. The van der Waals surface area contributed by atoms with Crippen molar-refractivity contribution in [2.45, 2.75) is 55.5 Å². The van der Waals surface area contributed by atoms with Crippen LogP contribution in [0, 0.1) is 0 Å². The summed E-state index contributed by atoms with van der Waals surface area (Å²) in [5.41, 5.74) is 1.02. The first-order valence-electron chi connectivity index (χ1n) is 7.38. The number of methoxy groups -OCH3 is 1. The van der Waals surface area contributed by atoms with Crippen LogP contribution >= 0.6 is 11.3 Å². The van der Waals surface area contributed by atoms with Crippen molar-refractivity contribution in [2.75, 3.05) is 13.7 Å². The molecule has 0 spiro atoms. The van der Waals surface area contributed by atoms with Crippen molar-refractivity contribution in [3.05, 3.63) is 17.0 Å². The zero-order valence-corrected chi connectivity index (χ0v) is 14.2. The molecular formula is C14H24N2O3S2. The fourth-order valence-electron chi connectivity index (χ4n) is 2.54. The number of hydrogen-bond acceptors (Lipinski definition) is 5. The fraction of sp³-hybridized carbons (Fsp3) is 0.714. The van der Waals surface area contributed by atoms with Crippen LogP contribution in [0.1, 0.15) is 38.2 Å². The zero-order valence-electron chi connectivity index (χ0n) is 12.6. The molecule has 2 N–H and O–H groups in total. The Morgan fingerprint density at radius 2 is 2.24 bits per heavy atom. The minimum Gasteiger partial charge on any atom is -0.381 e. The first-order valence-corrected chi connectivity index (χ1v) is 9.74. The lowest BCUT2D eigenvalue weighted by Crippen LogP contribution is -2.33. The van der Waals surface area contributed by atoms with Gasteiger partial charge in [-0.05, 0) is 49.2 Å². The smallest absolute Gasteiger partial charge is 0.250 e. The molecule has 0 bridgehead atoms. The molecule has 2 rings (SSSR count). The van der Waals surface area contributed by atoms with E-state index < -0.39 is 10.0 Å². The Kier molecular flexibility index (Phi) is 6.19. The van der Waals surface area contributed by atoms with E-state index in [1.54, 1.807) is 13.2 Å². The predicted octanol–water partition coefficient (Wildman–Crippen LogP) is 2.09. The van der Waals surface area contributed by atoms with Gasteiger partial charge in [-0.1, -0.05) is 6.92 Å². The Balaban J connectivity index is 1.93. The summed E-state index contributed by atoms with van der Waals surface area (Å²) in [5, 5.41) is 5.18. The molecule has 1 aromatic heterocycles. The average molecular weight is 332 g/mol. The predicted molar refractivity (Wildman–Crippen MR) is 85.1 cm³/mol. The Morgan fingerprint density at radius 3 is 2.90 bits per heavy atom. The maximum absolute atomic E-state index is 12.4. The second kappa shape index (κ2) is 7.69. The van der Waals surface area contributed by atoms with Crippen LogP contribution in [0.5, 0.6) is 0 Å². The van der Waals surface area contributed by atoms with Gasteiger partial charge in [-0.3, -0.25) is 0 Å². The number of sulfonamides is 1. The van der Waals surface area contributed by atoms with Crippen LogP contribution in [0.4, 0.5) is 0 Å². The van der Waals surface area contributed by atoms with E-state index in [9.17, 15) is 8.42 Å². The minimum absolute atomic E-state index is 0.0104. The molecule has 1 fully saturated rings. The first kappa shape index (κ1) is 16.9. The summed E-state index contributed by atoms with van der Waals surface area (Å²) in [6.45, 7) is 3.76. The quantitative estimate of drug-likeness (QED) is 0.715. The highest BCUT2D eigenvalue weighted by Gasteiger charge is 2.29. The number of hydrogen-bond donors (Lipinski definition) is 2. The van der Waals surface area contributed by atoms with E-state index in [1.807, 2.05) is 5.38 Å². The third kappa shape index (κ3) is 4.75. The van der Waals surface area contributed by atoms with Gasteiger partial charge in [-0.25, -0.2) is 13.1 Å². The van der Waals surface area contributed by atoms with E-state index in [4.69, 9.17) is 4.74 Å². The van der Waals surface area contributed by atoms with Gasteiger partial charge in [0.2, 0.25) is 10.0 Å². The summed E-state index contributed by atoms with van der Waals surface area (Å²) in [6, 6.07) is 1.75. The lowest BCUT2D eigenvalue weighted by atomic mass is 10.3. The molecule has 1 aliphatic carbocycles. The Labute approximate surface area is 131 Å². The molecule has 2 atom stereocenters. The van der Waals surface area contributed by atoms with E-state index in [1.165, 1.54) is 11.3 Å². The molecule has 1 aromatic rings. The highest BCUT2D eigenvalue weighted by Crippen LogP contribution is 2.25. The summed E-state index contributed by atoms with van der Waals surface area (Å²) < 4.78 is 33.2. The standard InChI is InChI=1S/C14H24N2O3S2/c1-3-6-15-9-11-7-14(20-10-11)21(17,18)16-12-4-5-13(8-12)19-2/h7,10,12-13,15-16H,3-6,8-9H2,1-2H3. The monoisotopic (exact) mass is 332 g/mol. The Morgan fingerprint density at radius 1 is 1.43 bits per heavy atom. The maximum atomic E-state index is 12.4. The molecule has 5 nitrogen and oxygen atoms in total. The van der Waals surface area contributed by atoms with Gasteiger partial charge in [0.05, 0.1) is 6.10 Å². The summed E-state index contributed by atoms with van der Waals surface area (Å²) in [5.74, 6) is 0. The lowest BCUT2D eigenvalue weighted by Gasteiger charge is -2.12. The zero-order chi connectivity index (χ0) is 15.3. The van der Waals surface area contributed by atoms with E-state index in [0.717, 1.165) is 44.3 Å². The van der Waals surface area contributed by atoms with Crippen LogP contribution in [0.3, 0.4) is 0 Å². The van der Waals surface area contributed by atoms with Gasteiger partial charge < -0.3 is 10.1 Å². The third-order valence-electron chi connectivity index (χ3n) is 3.69. The second-order valence-corrected chi connectivity index (χ2v) is 8.29. The fourth-order valence-corrected chi connectivity index (χ4v) is 5.04. The molecule has 1 heterocycles. The van der Waals surface area contributed by atoms with Gasteiger partial charge in [0.15, 0.2) is 0 Å². The normalized spacial score (nSPS) is 22.8. The highest BCUT2D eigenvalue weighted by atomic mass is 32.2. The molecule has 120 valence electrons. The van der Waals surface area contributed by atoms with Crippen LogP contribution in [0.2, 0.25) is 0 Å². The molecule has 0 amide bonds. The van der Waals surface area contributed by atoms with E-state index in [0.29, 0.717) is 4.21 Å². The van der Waals surface area contributed by atoms with Crippen LogP contribution < -0.4 is 10.0 Å². The number of thiophene rings is 1. The number of ether oxygens (including phenoxy) is 1.